The number of anilines is 1. The highest BCUT2D eigenvalue weighted by atomic mass is 16.5. The summed E-state index contributed by atoms with van der Waals surface area (Å²) in [4.78, 5) is 13.0. The van der Waals surface area contributed by atoms with E-state index in [1.807, 2.05) is 23.2 Å². The number of hydrogen-bond acceptors (Lipinski definition) is 7. The molecule has 8 nitrogen and oxygen atoms in total. The number of methoxy groups -OCH3 is 3. The van der Waals surface area contributed by atoms with Gasteiger partial charge in [-0.15, -0.1) is 0 Å². The Morgan fingerprint density at radius 1 is 0.912 bits per heavy atom. The maximum absolute atomic E-state index is 13.0. The predicted molar refractivity (Wildman–Crippen MR) is 131 cm³/mol. The van der Waals surface area contributed by atoms with Gasteiger partial charge >= 0.3 is 0 Å². The molecule has 1 saturated heterocycles. The smallest absolute Gasteiger partial charge is 0.248 e. The van der Waals surface area contributed by atoms with Gasteiger partial charge in [0.1, 0.15) is 6.04 Å². The van der Waals surface area contributed by atoms with E-state index < -0.39 is 0 Å². The van der Waals surface area contributed by atoms with Crippen LogP contribution in [0.3, 0.4) is 0 Å². The SMILES string of the molecule is COc1ccc(NC(=O)C2CCCN2/N=C/c2ccc(OC)c(OC3CCCC3)c2)cc1OC. The van der Waals surface area contributed by atoms with E-state index in [0.717, 1.165) is 49.3 Å². The molecule has 2 aromatic carbocycles. The summed E-state index contributed by atoms with van der Waals surface area (Å²) in [5.74, 6) is 2.54. The molecule has 1 heterocycles. The van der Waals surface area contributed by atoms with Gasteiger partial charge in [0.25, 0.3) is 0 Å². The summed E-state index contributed by atoms with van der Waals surface area (Å²) in [6.45, 7) is 0.724. The van der Waals surface area contributed by atoms with E-state index in [2.05, 4.69) is 10.4 Å². The fraction of sp³-hybridized carbons (Fsp3) is 0.462. The van der Waals surface area contributed by atoms with Crippen LogP contribution in [0, 0.1) is 0 Å². The Hall–Kier alpha value is -3.42. The third-order valence-electron chi connectivity index (χ3n) is 6.32. The fourth-order valence-corrected chi connectivity index (χ4v) is 4.49. The van der Waals surface area contributed by atoms with Crippen molar-refractivity contribution in [3.8, 4) is 23.0 Å². The van der Waals surface area contributed by atoms with Crippen molar-refractivity contribution in [2.24, 2.45) is 5.10 Å². The lowest BCUT2D eigenvalue weighted by Crippen LogP contribution is -2.36. The van der Waals surface area contributed by atoms with Crippen LogP contribution in [0.25, 0.3) is 0 Å². The summed E-state index contributed by atoms with van der Waals surface area (Å²) < 4.78 is 22.3. The van der Waals surface area contributed by atoms with E-state index in [4.69, 9.17) is 18.9 Å². The number of amides is 1. The molecule has 1 aliphatic heterocycles. The minimum absolute atomic E-state index is 0.0955. The van der Waals surface area contributed by atoms with Gasteiger partial charge in [-0.2, -0.15) is 5.10 Å². The maximum Gasteiger partial charge on any atom is 0.248 e. The Morgan fingerprint density at radius 2 is 1.62 bits per heavy atom. The van der Waals surface area contributed by atoms with Crippen LogP contribution in [0.1, 0.15) is 44.1 Å². The number of hydrogen-bond donors (Lipinski definition) is 1. The molecule has 1 N–H and O–H groups in total. The second kappa shape index (κ2) is 11.1. The summed E-state index contributed by atoms with van der Waals surface area (Å²) in [6, 6.07) is 10.8. The Kier molecular flexibility index (Phi) is 7.77. The average molecular weight is 468 g/mol. The van der Waals surface area contributed by atoms with Crippen LogP contribution in [0.2, 0.25) is 0 Å². The summed E-state index contributed by atoms with van der Waals surface area (Å²) in [6.07, 6.45) is 8.23. The first-order chi connectivity index (χ1) is 16.6. The molecular weight excluding hydrogens is 434 g/mol. The second-order valence-corrected chi connectivity index (χ2v) is 8.56. The number of ether oxygens (including phenoxy) is 4. The molecule has 4 rings (SSSR count). The monoisotopic (exact) mass is 467 g/mol. The molecule has 1 unspecified atom stereocenters. The molecule has 2 aromatic rings. The van der Waals surface area contributed by atoms with Crippen molar-refractivity contribution in [1.29, 1.82) is 0 Å². The first-order valence-electron chi connectivity index (χ1n) is 11.8. The Bertz CT molecular complexity index is 1020. The second-order valence-electron chi connectivity index (χ2n) is 8.56. The first-order valence-corrected chi connectivity index (χ1v) is 11.8. The predicted octanol–water partition coefficient (Wildman–Crippen LogP) is 4.47. The van der Waals surface area contributed by atoms with Crippen LogP contribution in [0.5, 0.6) is 23.0 Å². The number of rotatable bonds is 9. The van der Waals surface area contributed by atoms with Crippen molar-refractivity contribution in [2.45, 2.75) is 50.7 Å². The average Bonchev–Trinajstić information content (AvgIpc) is 3.55. The molecule has 182 valence electrons. The van der Waals surface area contributed by atoms with Crippen LogP contribution in [-0.4, -0.2) is 57.2 Å². The van der Waals surface area contributed by atoms with E-state index in [-0.39, 0.29) is 18.1 Å². The van der Waals surface area contributed by atoms with Gasteiger partial charge in [-0.25, -0.2) is 0 Å². The van der Waals surface area contributed by atoms with Crippen LogP contribution >= 0.6 is 0 Å². The summed E-state index contributed by atoms with van der Waals surface area (Å²) in [5, 5.41) is 9.45. The molecule has 0 radical (unpaired) electrons. The molecule has 34 heavy (non-hydrogen) atoms. The molecule has 2 aliphatic rings. The molecule has 1 aliphatic carbocycles. The lowest BCUT2D eigenvalue weighted by Gasteiger charge is -2.21. The third kappa shape index (κ3) is 5.55. The van der Waals surface area contributed by atoms with Gasteiger partial charge in [-0.3, -0.25) is 9.80 Å². The highest BCUT2D eigenvalue weighted by molar-refractivity contribution is 5.95. The lowest BCUT2D eigenvalue weighted by atomic mass is 10.2. The minimum atomic E-state index is -0.336. The van der Waals surface area contributed by atoms with Gasteiger partial charge in [0.15, 0.2) is 23.0 Å². The summed E-state index contributed by atoms with van der Waals surface area (Å²) >= 11 is 0. The van der Waals surface area contributed by atoms with Gasteiger partial charge in [0.2, 0.25) is 5.91 Å². The van der Waals surface area contributed by atoms with Gasteiger partial charge < -0.3 is 24.3 Å². The first kappa shape index (κ1) is 23.7. The summed E-state index contributed by atoms with van der Waals surface area (Å²) in [7, 11) is 4.80. The highest BCUT2D eigenvalue weighted by Gasteiger charge is 2.30. The van der Waals surface area contributed by atoms with Gasteiger partial charge in [-0.05, 0) is 74.4 Å². The molecule has 0 bridgehead atoms. The molecular formula is C26H33N3O5. The van der Waals surface area contributed by atoms with Crippen LogP contribution in [0.4, 0.5) is 5.69 Å². The van der Waals surface area contributed by atoms with E-state index >= 15 is 0 Å². The number of carbonyl (C=O) groups is 1. The van der Waals surface area contributed by atoms with E-state index in [1.54, 1.807) is 45.7 Å². The van der Waals surface area contributed by atoms with Gasteiger partial charge in [0, 0.05) is 18.3 Å². The van der Waals surface area contributed by atoms with Crippen molar-refractivity contribution in [3.63, 3.8) is 0 Å². The largest absolute Gasteiger partial charge is 0.493 e. The van der Waals surface area contributed by atoms with E-state index in [9.17, 15) is 4.79 Å². The Labute approximate surface area is 200 Å². The quantitative estimate of drug-likeness (QED) is 0.548. The van der Waals surface area contributed by atoms with Gasteiger partial charge in [0.05, 0.1) is 33.6 Å². The Balaban J connectivity index is 1.43. The maximum atomic E-state index is 13.0. The zero-order chi connectivity index (χ0) is 23.9. The van der Waals surface area contributed by atoms with Crippen molar-refractivity contribution in [2.75, 3.05) is 33.2 Å². The number of nitrogens with one attached hydrogen (secondary N) is 1. The molecule has 2 fully saturated rings. The molecule has 1 saturated carbocycles. The Morgan fingerprint density at radius 3 is 2.35 bits per heavy atom. The zero-order valence-corrected chi connectivity index (χ0v) is 20.1. The standard InChI is InChI=1S/C26H33N3O5/c1-31-22-13-11-19(16-24(22)33-3)28-26(30)21-9-6-14-29(21)27-17-18-10-12-23(32-2)25(15-18)34-20-7-4-5-8-20/h10-13,15-17,20-21H,4-9,14H2,1-3H3,(H,28,30)/b27-17+. The fourth-order valence-electron chi connectivity index (χ4n) is 4.49. The molecule has 0 aromatic heterocycles. The van der Waals surface area contributed by atoms with Crippen molar-refractivity contribution >= 4 is 17.8 Å². The molecule has 1 atom stereocenters. The van der Waals surface area contributed by atoms with Crippen LogP contribution in [0.15, 0.2) is 41.5 Å². The van der Waals surface area contributed by atoms with E-state index in [0.29, 0.717) is 17.2 Å². The van der Waals surface area contributed by atoms with Crippen LogP contribution in [-0.2, 0) is 4.79 Å². The molecule has 1 amide bonds. The van der Waals surface area contributed by atoms with Crippen molar-refractivity contribution in [3.05, 3.63) is 42.0 Å². The van der Waals surface area contributed by atoms with Crippen molar-refractivity contribution < 1.29 is 23.7 Å². The number of carbonyl (C=O) groups excluding carboxylic acids is 1. The topological polar surface area (TPSA) is 81.6 Å². The van der Waals surface area contributed by atoms with Crippen molar-refractivity contribution in [1.82, 2.24) is 5.01 Å². The molecule has 8 heteroatoms. The summed E-state index contributed by atoms with van der Waals surface area (Å²) in [5.41, 5.74) is 1.56. The zero-order valence-electron chi connectivity index (χ0n) is 20.1. The normalized spacial score (nSPS) is 18.3. The minimum Gasteiger partial charge on any atom is -0.493 e. The highest BCUT2D eigenvalue weighted by Crippen LogP contribution is 2.33. The third-order valence-corrected chi connectivity index (χ3v) is 6.32. The number of hydrazone groups is 1. The lowest BCUT2D eigenvalue weighted by molar-refractivity contribution is -0.120. The number of benzene rings is 2. The molecule has 0 spiro atoms. The van der Waals surface area contributed by atoms with Crippen LogP contribution < -0.4 is 24.3 Å². The number of nitrogens with zero attached hydrogens (tertiary/aromatic N) is 2. The van der Waals surface area contributed by atoms with E-state index in [1.165, 1.54) is 12.8 Å². The van der Waals surface area contributed by atoms with Gasteiger partial charge in [-0.1, -0.05) is 0 Å².